The fraction of sp³-hybridized carbons (Fsp3) is 0.500. The fourth-order valence-electron chi connectivity index (χ4n) is 4.52. The normalized spacial score (nSPS) is 12.8. The molecule has 33 heavy (non-hydrogen) atoms. The van der Waals surface area contributed by atoms with Crippen LogP contribution in [0.5, 0.6) is 0 Å². The third-order valence-corrected chi connectivity index (χ3v) is 14.2. The van der Waals surface area contributed by atoms with Crippen LogP contribution in [0, 0.1) is 0 Å². The Balaban J connectivity index is 2.64. The third kappa shape index (κ3) is 6.24. The van der Waals surface area contributed by atoms with E-state index >= 15 is 0 Å². The lowest BCUT2D eigenvalue weighted by Gasteiger charge is -2.41. The van der Waals surface area contributed by atoms with Crippen LogP contribution in [0.15, 0.2) is 48.5 Å². The number of nitrogens with two attached hydrogens (primary N) is 2. The summed E-state index contributed by atoms with van der Waals surface area (Å²) in [5.41, 5.74) is 15.9. The van der Waals surface area contributed by atoms with Crippen molar-refractivity contribution in [1.29, 1.82) is 0 Å². The summed E-state index contributed by atoms with van der Waals surface area (Å²) in [5.74, 6) is 0. The largest absolute Gasteiger partial charge is 0.399 e. The molecule has 0 unspecified atom stereocenters. The Morgan fingerprint density at radius 3 is 1.15 bits per heavy atom. The summed E-state index contributed by atoms with van der Waals surface area (Å²) in [5, 5.41) is 0. The van der Waals surface area contributed by atoms with Gasteiger partial charge in [0.15, 0.2) is 0 Å². The highest BCUT2D eigenvalue weighted by atomic mass is 28.4. The van der Waals surface area contributed by atoms with Gasteiger partial charge in [0, 0.05) is 76.2 Å². The molecule has 0 amide bonds. The first-order valence-electron chi connectivity index (χ1n) is 11.6. The average Bonchev–Trinajstić information content (AvgIpc) is 2.86. The van der Waals surface area contributed by atoms with E-state index in [1.54, 1.807) is 28.4 Å². The number of anilines is 2. The van der Waals surface area contributed by atoms with Crippen molar-refractivity contribution in [3.63, 3.8) is 0 Å². The number of rotatable bonds is 14. The molecule has 0 saturated carbocycles. The van der Waals surface area contributed by atoms with Crippen LogP contribution in [0.2, 0.25) is 24.2 Å². The van der Waals surface area contributed by atoms with Gasteiger partial charge in [-0.2, -0.15) is 0 Å². The highest BCUT2D eigenvalue weighted by molar-refractivity contribution is 6.67. The molecule has 0 aliphatic heterocycles. The molecule has 7 nitrogen and oxygen atoms in total. The van der Waals surface area contributed by atoms with Crippen LogP contribution in [0.1, 0.15) is 13.8 Å². The number of nitrogen functional groups attached to an aromatic ring is 2. The highest BCUT2D eigenvalue weighted by Gasteiger charge is 2.44. The van der Waals surface area contributed by atoms with Crippen LogP contribution in [-0.4, -0.2) is 58.7 Å². The van der Waals surface area contributed by atoms with Gasteiger partial charge in [-0.3, -0.25) is 4.48 Å². The van der Waals surface area contributed by atoms with Crippen molar-refractivity contribution in [2.45, 2.75) is 38.0 Å². The van der Waals surface area contributed by atoms with E-state index in [4.69, 9.17) is 29.2 Å². The van der Waals surface area contributed by atoms with Gasteiger partial charge >= 0.3 is 17.1 Å². The molecule has 0 heterocycles. The van der Waals surface area contributed by atoms with Gasteiger partial charge in [0.05, 0.1) is 13.1 Å². The molecule has 0 aliphatic rings. The number of hydrogen-bond acceptors (Lipinski definition) is 6. The quantitative estimate of drug-likeness (QED) is 0.219. The van der Waals surface area contributed by atoms with Gasteiger partial charge in [-0.25, -0.2) is 0 Å². The molecule has 0 spiro atoms. The molecule has 4 N–H and O–H groups in total. The van der Waals surface area contributed by atoms with Crippen molar-refractivity contribution < 1.29 is 17.7 Å². The summed E-state index contributed by atoms with van der Waals surface area (Å²) in [6.07, 6.45) is 0. The summed E-state index contributed by atoms with van der Waals surface area (Å²) in [7, 11) is 2.41. The zero-order chi connectivity index (χ0) is 24.5. The molecule has 2 rings (SSSR count). The zero-order valence-corrected chi connectivity index (χ0v) is 23.1. The van der Waals surface area contributed by atoms with Gasteiger partial charge in [-0.05, 0) is 36.4 Å². The predicted molar refractivity (Wildman–Crippen MR) is 143 cm³/mol. The molecule has 0 bridgehead atoms. The Labute approximate surface area is 201 Å². The molecular formula is C24H42N3O4Si2+. The van der Waals surface area contributed by atoms with Gasteiger partial charge < -0.3 is 29.2 Å². The van der Waals surface area contributed by atoms with Gasteiger partial charge in [0.1, 0.15) is 11.4 Å². The fourth-order valence-corrected chi connectivity index (χ4v) is 8.98. The number of hydrogen-bond donors (Lipinski definition) is 2. The second kappa shape index (κ2) is 12.1. The van der Waals surface area contributed by atoms with Crippen LogP contribution in [-0.2, 0) is 17.7 Å². The molecule has 2 aromatic rings. The van der Waals surface area contributed by atoms with Crippen molar-refractivity contribution in [3.05, 3.63) is 48.5 Å². The number of benzene rings is 2. The van der Waals surface area contributed by atoms with Crippen LogP contribution in [0.25, 0.3) is 0 Å². The van der Waals surface area contributed by atoms with Crippen molar-refractivity contribution in [3.8, 4) is 0 Å². The number of nitrogens with zero attached hydrogens (tertiary/aromatic N) is 1. The van der Waals surface area contributed by atoms with E-state index in [2.05, 4.69) is 38.1 Å². The molecule has 0 aliphatic carbocycles. The van der Waals surface area contributed by atoms with E-state index in [-0.39, 0.29) is 0 Å². The second-order valence-corrected chi connectivity index (χ2v) is 16.1. The van der Waals surface area contributed by atoms with E-state index in [9.17, 15) is 0 Å². The van der Waals surface area contributed by atoms with E-state index in [1.165, 1.54) is 0 Å². The van der Waals surface area contributed by atoms with Gasteiger partial charge in [-0.15, -0.1) is 0 Å². The first kappa shape index (κ1) is 27.5. The van der Waals surface area contributed by atoms with Crippen molar-refractivity contribution in [2.75, 3.05) is 53.0 Å². The van der Waals surface area contributed by atoms with E-state index in [0.717, 1.165) is 60.0 Å². The minimum atomic E-state index is -2.33. The van der Waals surface area contributed by atoms with Gasteiger partial charge in [-0.1, -0.05) is 13.8 Å². The van der Waals surface area contributed by atoms with Crippen LogP contribution < -0.4 is 16.0 Å². The Hall–Kier alpha value is -1.73. The van der Waals surface area contributed by atoms with Crippen LogP contribution in [0.3, 0.4) is 0 Å². The summed E-state index contributed by atoms with van der Waals surface area (Å²) < 4.78 is 24.5. The van der Waals surface area contributed by atoms with Gasteiger partial charge in [0.25, 0.3) is 0 Å². The molecule has 0 aromatic heterocycles. The zero-order valence-electron chi connectivity index (χ0n) is 21.1. The standard InChI is InChI=1S/C24H42N3O4Si2/c1-7-32(28-3,29-4)19-17-27(23-13-9-21(25)10-14-23,24-15-11-22(26)12-16-24)18-20-33(8-2,30-5)31-6/h9-16H,7-8,17-20,25-26H2,1-6H3/q+1. The molecule has 0 fully saturated rings. The highest BCUT2D eigenvalue weighted by Crippen LogP contribution is 2.39. The van der Waals surface area contributed by atoms with Crippen molar-refractivity contribution >= 4 is 39.9 Å². The minimum absolute atomic E-state index is 0.615. The molecule has 9 heteroatoms. The summed E-state index contributed by atoms with van der Waals surface area (Å²) in [6, 6.07) is 19.8. The molecular weight excluding hydrogens is 450 g/mol. The molecule has 2 aromatic carbocycles. The Morgan fingerprint density at radius 1 is 0.606 bits per heavy atom. The maximum Gasteiger partial charge on any atom is 0.343 e. The molecule has 0 saturated heterocycles. The second-order valence-electron chi connectivity index (χ2n) is 8.44. The third-order valence-electron chi connectivity index (χ3n) is 7.09. The lowest BCUT2D eigenvalue weighted by atomic mass is 10.1. The lowest BCUT2D eigenvalue weighted by molar-refractivity contribution is 0.230. The monoisotopic (exact) mass is 492 g/mol. The Bertz CT molecular complexity index is 754. The molecule has 0 atom stereocenters. The Kier molecular flexibility index (Phi) is 10.1. The SMILES string of the molecule is CC[Si](CC[N+](CC[Si](CC)(OC)OC)(c1ccc(N)cc1)c1ccc(N)cc1)(OC)OC. The summed E-state index contributed by atoms with van der Waals surface area (Å²) in [6.45, 7) is 5.92. The van der Waals surface area contributed by atoms with E-state index in [0.29, 0.717) is 4.48 Å². The van der Waals surface area contributed by atoms with Gasteiger partial charge in [0.2, 0.25) is 0 Å². The van der Waals surface area contributed by atoms with Crippen LogP contribution >= 0.6 is 0 Å². The summed E-state index contributed by atoms with van der Waals surface area (Å²) in [4.78, 5) is 0. The number of quaternary nitrogens is 1. The first-order chi connectivity index (χ1) is 15.8. The topological polar surface area (TPSA) is 89.0 Å². The van der Waals surface area contributed by atoms with Crippen molar-refractivity contribution in [1.82, 2.24) is 4.48 Å². The smallest absolute Gasteiger partial charge is 0.343 e. The van der Waals surface area contributed by atoms with E-state index < -0.39 is 17.1 Å². The average molecular weight is 493 g/mol. The summed E-state index contributed by atoms with van der Waals surface area (Å²) >= 11 is 0. The maximum atomic E-state index is 6.05. The lowest BCUT2D eigenvalue weighted by Crippen LogP contribution is -2.53. The predicted octanol–water partition coefficient (Wildman–Crippen LogP) is 5.00. The maximum absolute atomic E-state index is 6.05. The minimum Gasteiger partial charge on any atom is -0.399 e. The van der Waals surface area contributed by atoms with Crippen LogP contribution in [0.4, 0.5) is 22.7 Å². The van der Waals surface area contributed by atoms with E-state index in [1.807, 2.05) is 24.3 Å². The van der Waals surface area contributed by atoms with Crippen molar-refractivity contribution in [2.24, 2.45) is 0 Å². The molecule has 184 valence electrons. The Morgan fingerprint density at radius 2 is 0.909 bits per heavy atom. The first-order valence-corrected chi connectivity index (χ1v) is 16.0. The molecule has 0 radical (unpaired) electrons.